The van der Waals surface area contributed by atoms with Crippen LogP contribution in [0.2, 0.25) is 0 Å². The predicted octanol–water partition coefficient (Wildman–Crippen LogP) is 2.42. The first-order chi connectivity index (χ1) is 9.53. The van der Waals surface area contributed by atoms with Gasteiger partial charge in [-0.3, -0.25) is 9.71 Å². The van der Waals surface area contributed by atoms with Crippen LogP contribution in [0.4, 0.5) is 11.4 Å². The van der Waals surface area contributed by atoms with E-state index in [0.717, 1.165) is 12.8 Å². The molecular weight excluding hydrogens is 274 g/mol. The third kappa shape index (κ3) is 3.27. The highest BCUT2D eigenvalue weighted by atomic mass is 32.2. The highest BCUT2D eigenvalue weighted by Crippen LogP contribution is 2.20. The molecule has 0 aliphatic heterocycles. The van der Waals surface area contributed by atoms with Crippen LogP contribution in [0.15, 0.2) is 47.6 Å². The molecule has 1 aromatic carbocycles. The Hall–Kier alpha value is -2.08. The fourth-order valence-corrected chi connectivity index (χ4v) is 2.99. The van der Waals surface area contributed by atoms with Crippen molar-refractivity contribution >= 4 is 21.4 Å². The molecule has 0 bridgehead atoms. The number of nitrogens with one attached hydrogen (secondary N) is 1. The van der Waals surface area contributed by atoms with E-state index in [1.54, 1.807) is 12.1 Å². The van der Waals surface area contributed by atoms with Gasteiger partial charge in [0.15, 0.2) is 0 Å². The first-order valence-electron chi connectivity index (χ1n) is 6.34. The lowest BCUT2D eigenvalue weighted by Gasteiger charge is -2.10. The SMILES string of the molecule is CCCc1ccc(NS(=O)(=O)c2cnccc2N)cc1. The molecule has 2 aromatic rings. The minimum absolute atomic E-state index is 0.0161. The van der Waals surface area contributed by atoms with E-state index >= 15 is 0 Å². The topological polar surface area (TPSA) is 85.1 Å². The monoisotopic (exact) mass is 291 g/mol. The third-order valence-corrected chi connectivity index (χ3v) is 4.28. The Kier molecular flexibility index (Phi) is 4.24. The number of nitrogens with two attached hydrogens (primary N) is 1. The van der Waals surface area contributed by atoms with E-state index < -0.39 is 10.0 Å². The Balaban J connectivity index is 2.22. The van der Waals surface area contributed by atoms with Crippen LogP contribution in [-0.4, -0.2) is 13.4 Å². The number of aromatic nitrogens is 1. The van der Waals surface area contributed by atoms with Gasteiger partial charge in [0, 0.05) is 18.1 Å². The van der Waals surface area contributed by atoms with Crippen molar-refractivity contribution in [2.75, 3.05) is 10.5 Å². The van der Waals surface area contributed by atoms with Gasteiger partial charge in [0.2, 0.25) is 0 Å². The van der Waals surface area contributed by atoms with Gasteiger partial charge in [0.1, 0.15) is 4.90 Å². The van der Waals surface area contributed by atoms with Gasteiger partial charge in [-0.05, 0) is 30.2 Å². The Morgan fingerprint density at radius 1 is 1.20 bits per heavy atom. The second-order valence-corrected chi connectivity index (χ2v) is 6.12. The highest BCUT2D eigenvalue weighted by Gasteiger charge is 2.17. The van der Waals surface area contributed by atoms with E-state index in [2.05, 4.69) is 16.6 Å². The summed E-state index contributed by atoms with van der Waals surface area (Å²) in [6.07, 6.45) is 4.72. The molecule has 1 aromatic heterocycles. The fourth-order valence-electron chi connectivity index (χ4n) is 1.85. The summed E-state index contributed by atoms with van der Waals surface area (Å²) in [5.74, 6) is 0. The Morgan fingerprint density at radius 2 is 1.90 bits per heavy atom. The minimum atomic E-state index is -3.71. The zero-order valence-electron chi connectivity index (χ0n) is 11.2. The van der Waals surface area contributed by atoms with Crippen molar-refractivity contribution in [1.82, 2.24) is 4.98 Å². The average Bonchev–Trinajstić information content (AvgIpc) is 2.41. The highest BCUT2D eigenvalue weighted by molar-refractivity contribution is 7.92. The van der Waals surface area contributed by atoms with Gasteiger partial charge in [0.25, 0.3) is 10.0 Å². The van der Waals surface area contributed by atoms with Crippen LogP contribution in [0.1, 0.15) is 18.9 Å². The maximum absolute atomic E-state index is 12.2. The van der Waals surface area contributed by atoms with E-state index in [1.807, 2.05) is 12.1 Å². The molecule has 1 heterocycles. The van der Waals surface area contributed by atoms with Crippen LogP contribution in [0, 0.1) is 0 Å². The second kappa shape index (κ2) is 5.92. The summed E-state index contributed by atoms with van der Waals surface area (Å²) in [7, 11) is -3.71. The normalized spacial score (nSPS) is 11.2. The van der Waals surface area contributed by atoms with Crippen LogP contribution in [0.5, 0.6) is 0 Å². The first kappa shape index (κ1) is 14.3. The summed E-state index contributed by atoms with van der Waals surface area (Å²) < 4.78 is 26.9. The number of nitrogens with zero attached hydrogens (tertiary/aromatic N) is 1. The van der Waals surface area contributed by atoms with Crippen LogP contribution in [0.25, 0.3) is 0 Å². The quantitative estimate of drug-likeness (QED) is 0.886. The number of benzene rings is 1. The fraction of sp³-hybridized carbons (Fsp3) is 0.214. The smallest absolute Gasteiger partial charge is 0.265 e. The predicted molar refractivity (Wildman–Crippen MR) is 79.9 cm³/mol. The molecule has 3 N–H and O–H groups in total. The van der Waals surface area contributed by atoms with E-state index in [1.165, 1.54) is 24.0 Å². The van der Waals surface area contributed by atoms with Crippen molar-refractivity contribution in [1.29, 1.82) is 0 Å². The third-order valence-electron chi connectivity index (χ3n) is 2.85. The lowest BCUT2D eigenvalue weighted by Crippen LogP contribution is -2.15. The van der Waals surface area contributed by atoms with Gasteiger partial charge >= 0.3 is 0 Å². The summed E-state index contributed by atoms with van der Waals surface area (Å²) in [4.78, 5) is 3.78. The maximum atomic E-state index is 12.2. The number of aryl methyl sites for hydroxylation is 1. The second-order valence-electron chi connectivity index (χ2n) is 4.47. The summed E-state index contributed by atoms with van der Waals surface area (Å²) in [6.45, 7) is 2.10. The minimum Gasteiger partial charge on any atom is -0.398 e. The molecule has 0 unspecified atom stereocenters. The summed E-state index contributed by atoms with van der Waals surface area (Å²) in [5, 5.41) is 0. The number of rotatable bonds is 5. The summed E-state index contributed by atoms with van der Waals surface area (Å²) in [6, 6.07) is 8.77. The van der Waals surface area contributed by atoms with Crippen molar-refractivity contribution in [2.24, 2.45) is 0 Å². The number of hydrogen-bond donors (Lipinski definition) is 2. The molecule has 6 heteroatoms. The van der Waals surface area contributed by atoms with Gasteiger partial charge in [-0.1, -0.05) is 25.5 Å². The van der Waals surface area contributed by atoms with Crippen LogP contribution in [-0.2, 0) is 16.4 Å². The van der Waals surface area contributed by atoms with Gasteiger partial charge in [-0.25, -0.2) is 8.42 Å². The molecule has 5 nitrogen and oxygen atoms in total. The van der Waals surface area contributed by atoms with Crippen LogP contribution < -0.4 is 10.5 Å². The molecule has 0 saturated heterocycles. The molecule has 0 aliphatic carbocycles. The Bertz CT molecular complexity index is 682. The van der Waals surface area contributed by atoms with Gasteiger partial charge < -0.3 is 5.73 Å². The van der Waals surface area contributed by atoms with Crippen molar-refractivity contribution in [2.45, 2.75) is 24.7 Å². The van der Waals surface area contributed by atoms with Crippen LogP contribution in [0.3, 0.4) is 0 Å². The lowest BCUT2D eigenvalue weighted by molar-refractivity contribution is 0.601. The molecule has 2 rings (SSSR count). The molecule has 20 heavy (non-hydrogen) atoms. The molecule has 106 valence electrons. The largest absolute Gasteiger partial charge is 0.398 e. The van der Waals surface area contributed by atoms with Crippen molar-refractivity contribution in [3.63, 3.8) is 0 Å². The number of sulfonamides is 1. The van der Waals surface area contributed by atoms with Crippen LogP contribution >= 0.6 is 0 Å². The zero-order chi connectivity index (χ0) is 14.6. The summed E-state index contributed by atoms with van der Waals surface area (Å²) in [5.41, 5.74) is 7.53. The average molecular weight is 291 g/mol. The van der Waals surface area contributed by atoms with Gasteiger partial charge in [-0.2, -0.15) is 0 Å². The first-order valence-corrected chi connectivity index (χ1v) is 7.82. The molecule has 0 fully saturated rings. The van der Waals surface area contributed by atoms with Gasteiger partial charge in [-0.15, -0.1) is 0 Å². The van der Waals surface area contributed by atoms with E-state index in [0.29, 0.717) is 5.69 Å². The number of pyridine rings is 1. The van der Waals surface area contributed by atoms with E-state index in [9.17, 15) is 8.42 Å². The Morgan fingerprint density at radius 3 is 2.50 bits per heavy atom. The van der Waals surface area contributed by atoms with Crippen molar-refractivity contribution in [3.8, 4) is 0 Å². The summed E-state index contributed by atoms with van der Waals surface area (Å²) >= 11 is 0. The zero-order valence-corrected chi connectivity index (χ0v) is 12.0. The number of hydrogen-bond acceptors (Lipinski definition) is 4. The Labute approximate surface area is 118 Å². The molecule has 0 spiro atoms. The van der Waals surface area contributed by atoms with E-state index in [4.69, 9.17) is 5.73 Å². The molecule has 0 aliphatic rings. The van der Waals surface area contributed by atoms with Gasteiger partial charge in [0.05, 0.1) is 5.69 Å². The molecular formula is C14H17N3O2S. The number of nitrogen functional groups attached to an aromatic ring is 1. The molecule has 0 saturated carbocycles. The molecule has 0 atom stereocenters. The standard InChI is InChI=1S/C14H17N3O2S/c1-2-3-11-4-6-12(7-5-11)17-20(18,19)14-10-16-9-8-13(14)15/h4-10,17H,2-3H2,1H3,(H2,15,16). The maximum Gasteiger partial charge on any atom is 0.265 e. The van der Waals surface area contributed by atoms with E-state index in [-0.39, 0.29) is 10.6 Å². The van der Waals surface area contributed by atoms with Crippen molar-refractivity contribution in [3.05, 3.63) is 48.3 Å². The number of anilines is 2. The van der Waals surface area contributed by atoms with Crippen molar-refractivity contribution < 1.29 is 8.42 Å². The molecule has 0 amide bonds. The molecule has 0 radical (unpaired) electrons. The lowest BCUT2D eigenvalue weighted by atomic mass is 10.1.